The molecular weight excluding hydrogens is 368 g/mol. The van der Waals surface area contributed by atoms with Crippen LogP contribution in [0.4, 0.5) is 0 Å². The number of benzene rings is 1. The zero-order valence-electron chi connectivity index (χ0n) is 12.1. The van der Waals surface area contributed by atoms with Gasteiger partial charge in [-0.3, -0.25) is 4.98 Å². The van der Waals surface area contributed by atoms with Crippen molar-refractivity contribution in [3.05, 3.63) is 58.8 Å². The standard InChI is InChI=1S/C15H17BrN2O3S/c1-21-11-10-18(12-13-6-8-17-9-7-13)22(19,20)15-5-3-2-4-14(15)16/h2-9H,10-12H2,1H3. The van der Waals surface area contributed by atoms with E-state index in [0.717, 1.165) is 5.56 Å². The van der Waals surface area contributed by atoms with Crippen LogP contribution in [0, 0.1) is 0 Å². The maximum atomic E-state index is 12.9. The molecule has 0 bridgehead atoms. The Morgan fingerprint density at radius 2 is 1.86 bits per heavy atom. The van der Waals surface area contributed by atoms with Crippen molar-refractivity contribution < 1.29 is 13.2 Å². The van der Waals surface area contributed by atoms with E-state index in [1.54, 1.807) is 55.9 Å². The Bertz CT molecular complexity index is 708. The van der Waals surface area contributed by atoms with Gasteiger partial charge in [-0.2, -0.15) is 4.31 Å². The minimum atomic E-state index is -3.62. The number of methoxy groups -OCH3 is 1. The molecule has 0 aliphatic carbocycles. The van der Waals surface area contributed by atoms with Gasteiger partial charge in [-0.05, 0) is 45.8 Å². The first-order valence-corrected chi connectivity index (χ1v) is 8.91. The van der Waals surface area contributed by atoms with E-state index in [1.165, 1.54) is 4.31 Å². The van der Waals surface area contributed by atoms with Crippen molar-refractivity contribution in [2.24, 2.45) is 0 Å². The molecule has 0 unspecified atom stereocenters. The molecule has 0 amide bonds. The number of rotatable bonds is 7. The highest BCUT2D eigenvalue weighted by Gasteiger charge is 2.26. The lowest BCUT2D eigenvalue weighted by Crippen LogP contribution is -2.33. The van der Waals surface area contributed by atoms with E-state index in [0.29, 0.717) is 11.1 Å². The SMILES string of the molecule is COCCN(Cc1ccncc1)S(=O)(=O)c1ccccc1Br. The molecule has 7 heteroatoms. The van der Waals surface area contributed by atoms with E-state index >= 15 is 0 Å². The topological polar surface area (TPSA) is 59.5 Å². The second kappa shape index (κ2) is 7.82. The third-order valence-electron chi connectivity index (χ3n) is 3.11. The van der Waals surface area contributed by atoms with Crippen LogP contribution < -0.4 is 0 Å². The van der Waals surface area contributed by atoms with Gasteiger partial charge >= 0.3 is 0 Å². The number of ether oxygens (including phenoxy) is 1. The van der Waals surface area contributed by atoms with E-state index in [-0.39, 0.29) is 18.0 Å². The molecule has 1 aromatic carbocycles. The van der Waals surface area contributed by atoms with Gasteiger partial charge in [0.2, 0.25) is 10.0 Å². The molecule has 1 heterocycles. The normalized spacial score (nSPS) is 11.8. The number of nitrogens with zero attached hydrogens (tertiary/aromatic N) is 2. The van der Waals surface area contributed by atoms with Gasteiger partial charge in [-0.15, -0.1) is 0 Å². The molecule has 0 radical (unpaired) electrons. The molecule has 0 fully saturated rings. The molecule has 0 aliphatic heterocycles. The van der Waals surface area contributed by atoms with E-state index in [4.69, 9.17) is 4.74 Å². The number of aromatic nitrogens is 1. The molecule has 118 valence electrons. The van der Waals surface area contributed by atoms with Gasteiger partial charge < -0.3 is 4.74 Å². The van der Waals surface area contributed by atoms with Gasteiger partial charge in [0, 0.05) is 37.1 Å². The Balaban J connectivity index is 2.33. The van der Waals surface area contributed by atoms with Crippen LogP contribution in [0.15, 0.2) is 58.2 Å². The summed E-state index contributed by atoms with van der Waals surface area (Å²) in [5.41, 5.74) is 0.877. The molecule has 0 saturated heterocycles. The molecule has 0 aliphatic rings. The van der Waals surface area contributed by atoms with Crippen molar-refractivity contribution in [1.82, 2.24) is 9.29 Å². The highest BCUT2D eigenvalue weighted by molar-refractivity contribution is 9.10. The summed E-state index contributed by atoms with van der Waals surface area (Å²) in [6.45, 7) is 0.882. The van der Waals surface area contributed by atoms with Crippen LogP contribution >= 0.6 is 15.9 Å². The van der Waals surface area contributed by atoms with Crippen molar-refractivity contribution in [3.63, 3.8) is 0 Å². The Morgan fingerprint density at radius 1 is 1.18 bits per heavy atom. The summed E-state index contributed by atoms with van der Waals surface area (Å²) < 4.78 is 32.8. The van der Waals surface area contributed by atoms with Crippen molar-refractivity contribution in [2.45, 2.75) is 11.4 Å². The van der Waals surface area contributed by atoms with Crippen LogP contribution in [0.25, 0.3) is 0 Å². The van der Waals surface area contributed by atoms with Gasteiger partial charge in [-0.25, -0.2) is 8.42 Å². The lowest BCUT2D eigenvalue weighted by Gasteiger charge is -2.22. The van der Waals surface area contributed by atoms with Gasteiger partial charge in [0.1, 0.15) is 0 Å². The monoisotopic (exact) mass is 384 g/mol. The summed E-state index contributed by atoms with van der Waals surface area (Å²) in [7, 11) is -2.06. The molecule has 0 N–H and O–H groups in total. The zero-order valence-corrected chi connectivity index (χ0v) is 14.5. The lowest BCUT2D eigenvalue weighted by molar-refractivity contribution is 0.177. The second-order valence-electron chi connectivity index (χ2n) is 4.62. The largest absolute Gasteiger partial charge is 0.383 e. The first-order valence-electron chi connectivity index (χ1n) is 6.68. The summed E-state index contributed by atoms with van der Waals surface area (Å²) in [5, 5.41) is 0. The highest BCUT2D eigenvalue weighted by atomic mass is 79.9. The number of hydrogen-bond donors (Lipinski definition) is 0. The van der Waals surface area contributed by atoms with Gasteiger partial charge in [-0.1, -0.05) is 12.1 Å². The van der Waals surface area contributed by atoms with Gasteiger partial charge in [0.15, 0.2) is 0 Å². The van der Waals surface area contributed by atoms with Gasteiger partial charge in [0.25, 0.3) is 0 Å². The summed E-state index contributed by atoms with van der Waals surface area (Å²) in [6.07, 6.45) is 3.30. The van der Waals surface area contributed by atoms with Crippen LogP contribution in [-0.4, -0.2) is 38.0 Å². The first-order chi connectivity index (χ1) is 10.6. The molecule has 0 spiro atoms. The van der Waals surface area contributed by atoms with Crippen LogP contribution in [0.1, 0.15) is 5.56 Å². The predicted molar refractivity (Wildman–Crippen MR) is 87.9 cm³/mol. The molecule has 22 heavy (non-hydrogen) atoms. The van der Waals surface area contributed by atoms with E-state index in [2.05, 4.69) is 20.9 Å². The zero-order chi connectivity index (χ0) is 16.0. The second-order valence-corrected chi connectivity index (χ2v) is 7.38. The fourth-order valence-corrected chi connectivity index (χ4v) is 4.34. The Morgan fingerprint density at radius 3 is 2.50 bits per heavy atom. The number of sulfonamides is 1. The summed E-state index contributed by atoms with van der Waals surface area (Å²) in [4.78, 5) is 4.20. The number of halogens is 1. The molecule has 0 atom stereocenters. The van der Waals surface area contributed by atoms with Crippen molar-refractivity contribution in [2.75, 3.05) is 20.3 Å². The fraction of sp³-hybridized carbons (Fsp3) is 0.267. The van der Waals surface area contributed by atoms with Crippen LogP contribution in [0.5, 0.6) is 0 Å². The van der Waals surface area contributed by atoms with Crippen molar-refractivity contribution in [1.29, 1.82) is 0 Å². The van der Waals surface area contributed by atoms with E-state index < -0.39 is 10.0 Å². The number of pyridine rings is 1. The number of hydrogen-bond acceptors (Lipinski definition) is 4. The van der Waals surface area contributed by atoms with Crippen molar-refractivity contribution in [3.8, 4) is 0 Å². The predicted octanol–water partition coefficient (Wildman–Crippen LogP) is 2.68. The average Bonchev–Trinajstić information content (AvgIpc) is 2.52. The first kappa shape index (κ1) is 17.1. The summed E-state index contributed by atoms with van der Waals surface area (Å²) >= 11 is 3.31. The Labute approximate surface area is 139 Å². The third-order valence-corrected chi connectivity index (χ3v) is 5.96. The smallest absolute Gasteiger partial charge is 0.244 e. The minimum absolute atomic E-state index is 0.250. The Kier molecular flexibility index (Phi) is 6.07. The highest BCUT2D eigenvalue weighted by Crippen LogP contribution is 2.25. The van der Waals surface area contributed by atoms with E-state index in [1.807, 2.05) is 0 Å². The van der Waals surface area contributed by atoms with Crippen molar-refractivity contribution >= 4 is 26.0 Å². The molecule has 5 nitrogen and oxygen atoms in total. The lowest BCUT2D eigenvalue weighted by atomic mass is 10.3. The third kappa shape index (κ3) is 4.13. The van der Waals surface area contributed by atoms with Crippen LogP contribution in [-0.2, 0) is 21.3 Å². The molecular formula is C15H17BrN2O3S. The van der Waals surface area contributed by atoms with Gasteiger partial charge in [0.05, 0.1) is 11.5 Å². The molecule has 1 aromatic heterocycles. The maximum absolute atomic E-state index is 12.9. The quantitative estimate of drug-likeness (QED) is 0.736. The fourth-order valence-electron chi connectivity index (χ4n) is 1.96. The summed E-state index contributed by atoms with van der Waals surface area (Å²) in [6, 6.07) is 10.4. The maximum Gasteiger partial charge on any atom is 0.244 e. The van der Waals surface area contributed by atoms with Crippen LogP contribution in [0.2, 0.25) is 0 Å². The Hall–Kier alpha value is -1.28. The molecule has 2 rings (SSSR count). The summed E-state index contributed by atoms with van der Waals surface area (Å²) in [5.74, 6) is 0. The van der Waals surface area contributed by atoms with E-state index in [9.17, 15) is 8.42 Å². The van der Waals surface area contributed by atoms with Crippen LogP contribution in [0.3, 0.4) is 0 Å². The average molecular weight is 385 g/mol. The molecule has 0 saturated carbocycles. The molecule has 2 aromatic rings. The minimum Gasteiger partial charge on any atom is -0.383 e.